The van der Waals surface area contributed by atoms with Crippen molar-refractivity contribution in [1.29, 1.82) is 0 Å². The van der Waals surface area contributed by atoms with Gasteiger partial charge in [-0.1, -0.05) is 27.4 Å². The third kappa shape index (κ3) is 5.37. The first-order valence-corrected chi connectivity index (χ1v) is 7.42. The van der Waals surface area contributed by atoms with Gasteiger partial charge in [-0.2, -0.15) is 0 Å². The van der Waals surface area contributed by atoms with Gasteiger partial charge in [0.15, 0.2) is 0 Å². The Balaban J connectivity index is 2.49. The summed E-state index contributed by atoms with van der Waals surface area (Å²) in [5.41, 5.74) is 0.459. The van der Waals surface area contributed by atoms with Gasteiger partial charge in [0.1, 0.15) is 6.10 Å². The summed E-state index contributed by atoms with van der Waals surface area (Å²) in [7, 11) is 0. The molecule has 1 aliphatic rings. The number of esters is 1. The smallest absolute Gasteiger partial charge is 0.337 e. The molecule has 0 atom stereocenters. The SMILES string of the molecule is C=C(/C=C(\C)C(=O)O)C(=O)OC1CCC(C(C)(C)C)CC1. The predicted octanol–water partition coefficient (Wildman–Crippen LogP) is 3.72. The van der Waals surface area contributed by atoms with Crippen molar-refractivity contribution in [3.05, 3.63) is 23.8 Å². The lowest BCUT2D eigenvalue weighted by Crippen LogP contribution is -2.30. The minimum atomic E-state index is -1.06. The van der Waals surface area contributed by atoms with Gasteiger partial charge in [0.25, 0.3) is 0 Å². The van der Waals surface area contributed by atoms with Crippen LogP contribution in [0, 0.1) is 11.3 Å². The zero-order valence-corrected chi connectivity index (χ0v) is 13.4. The van der Waals surface area contributed by atoms with Crippen LogP contribution in [0.15, 0.2) is 23.8 Å². The Labute approximate surface area is 126 Å². The van der Waals surface area contributed by atoms with Crippen molar-refractivity contribution >= 4 is 11.9 Å². The van der Waals surface area contributed by atoms with Crippen LogP contribution in [0.3, 0.4) is 0 Å². The van der Waals surface area contributed by atoms with E-state index in [4.69, 9.17) is 9.84 Å². The molecule has 1 N–H and O–H groups in total. The first kappa shape index (κ1) is 17.5. The van der Waals surface area contributed by atoms with Crippen molar-refractivity contribution in [1.82, 2.24) is 0 Å². The molecule has 4 heteroatoms. The van der Waals surface area contributed by atoms with E-state index < -0.39 is 11.9 Å². The number of hydrogen-bond donors (Lipinski definition) is 1. The number of ether oxygens (including phenoxy) is 1. The van der Waals surface area contributed by atoms with Crippen molar-refractivity contribution < 1.29 is 19.4 Å². The molecule has 1 aliphatic carbocycles. The average molecular weight is 294 g/mol. The Bertz CT molecular complexity index is 446. The number of carbonyl (C=O) groups excluding carboxylic acids is 1. The highest BCUT2D eigenvalue weighted by atomic mass is 16.5. The van der Waals surface area contributed by atoms with Gasteiger partial charge in [-0.25, -0.2) is 9.59 Å². The second-order valence-electron chi connectivity index (χ2n) is 6.90. The largest absolute Gasteiger partial charge is 0.478 e. The third-order valence-corrected chi connectivity index (χ3v) is 4.16. The standard InChI is InChI=1S/C17H26O4/c1-11(15(18)19)10-12(2)16(20)21-14-8-6-13(7-9-14)17(3,4)5/h10,13-14H,2,6-9H2,1,3-5H3,(H,18,19)/b11-10+. The molecule has 0 bridgehead atoms. The lowest BCUT2D eigenvalue weighted by molar-refractivity contribution is -0.146. The Kier molecular flexibility index (Phi) is 5.76. The molecule has 0 aromatic carbocycles. The molecule has 21 heavy (non-hydrogen) atoms. The van der Waals surface area contributed by atoms with Crippen molar-refractivity contribution in [2.75, 3.05) is 0 Å². The first-order chi connectivity index (χ1) is 9.61. The molecule has 1 saturated carbocycles. The molecule has 0 unspecified atom stereocenters. The van der Waals surface area contributed by atoms with E-state index in [-0.39, 0.29) is 17.3 Å². The molecule has 0 aromatic rings. The van der Waals surface area contributed by atoms with Crippen LogP contribution in [-0.2, 0) is 14.3 Å². The number of carbonyl (C=O) groups is 2. The van der Waals surface area contributed by atoms with Crippen molar-refractivity contribution in [2.45, 2.75) is 59.5 Å². The monoisotopic (exact) mass is 294 g/mol. The molecule has 0 saturated heterocycles. The van der Waals surface area contributed by atoms with Crippen LogP contribution >= 0.6 is 0 Å². The van der Waals surface area contributed by atoms with Gasteiger partial charge >= 0.3 is 11.9 Å². The predicted molar refractivity (Wildman–Crippen MR) is 81.8 cm³/mol. The van der Waals surface area contributed by atoms with Gasteiger partial charge in [-0.05, 0) is 50.0 Å². The first-order valence-electron chi connectivity index (χ1n) is 7.42. The van der Waals surface area contributed by atoms with E-state index in [0.29, 0.717) is 11.3 Å². The van der Waals surface area contributed by atoms with E-state index in [9.17, 15) is 9.59 Å². The van der Waals surface area contributed by atoms with E-state index >= 15 is 0 Å². The van der Waals surface area contributed by atoms with Gasteiger partial charge < -0.3 is 9.84 Å². The van der Waals surface area contributed by atoms with Crippen molar-refractivity contribution in [3.8, 4) is 0 Å². The molecule has 1 rings (SSSR count). The molecule has 0 amide bonds. The maximum Gasteiger partial charge on any atom is 0.337 e. The number of carboxylic acids is 1. The molecule has 4 nitrogen and oxygen atoms in total. The zero-order valence-electron chi connectivity index (χ0n) is 13.4. The van der Waals surface area contributed by atoms with Gasteiger partial charge in [-0.3, -0.25) is 0 Å². The molecule has 118 valence electrons. The molecule has 0 spiro atoms. The highest BCUT2D eigenvalue weighted by Gasteiger charge is 2.31. The molecular weight excluding hydrogens is 268 g/mol. The molecule has 1 fully saturated rings. The van der Waals surface area contributed by atoms with Gasteiger partial charge in [-0.15, -0.1) is 0 Å². The highest BCUT2D eigenvalue weighted by molar-refractivity contribution is 5.95. The summed E-state index contributed by atoms with van der Waals surface area (Å²) in [6.07, 6.45) is 5.01. The average Bonchev–Trinajstić information content (AvgIpc) is 2.37. The fraction of sp³-hybridized carbons (Fsp3) is 0.647. The number of aliphatic carboxylic acids is 1. The Morgan fingerprint density at radius 2 is 1.71 bits per heavy atom. The second-order valence-corrected chi connectivity index (χ2v) is 6.90. The van der Waals surface area contributed by atoms with Gasteiger partial charge in [0.05, 0.1) is 5.57 Å². The maximum absolute atomic E-state index is 11.9. The normalized spacial score (nSPS) is 23.5. The Morgan fingerprint density at radius 3 is 2.14 bits per heavy atom. The number of rotatable bonds is 4. The molecule has 0 radical (unpaired) electrons. The summed E-state index contributed by atoms with van der Waals surface area (Å²) < 4.78 is 5.42. The minimum absolute atomic E-state index is 0.0772. The van der Waals surface area contributed by atoms with E-state index in [1.807, 2.05) is 0 Å². The Morgan fingerprint density at radius 1 is 1.19 bits per heavy atom. The van der Waals surface area contributed by atoms with E-state index in [1.165, 1.54) is 13.0 Å². The van der Waals surface area contributed by atoms with Crippen LogP contribution in [0.1, 0.15) is 53.4 Å². The fourth-order valence-corrected chi connectivity index (χ4v) is 2.66. The van der Waals surface area contributed by atoms with Gasteiger partial charge in [0.2, 0.25) is 0 Å². The van der Waals surface area contributed by atoms with Gasteiger partial charge in [0, 0.05) is 5.57 Å². The fourth-order valence-electron chi connectivity index (χ4n) is 2.66. The molecule has 0 aromatic heterocycles. The summed E-state index contributed by atoms with van der Waals surface area (Å²) in [4.78, 5) is 22.6. The van der Waals surface area contributed by atoms with E-state index in [2.05, 4.69) is 27.4 Å². The lowest BCUT2D eigenvalue weighted by atomic mass is 9.72. The quantitative estimate of drug-likeness (QED) is 0.487. The number of hydrogen-bond acceptors (Lipinski definition) is 3. The van der Waals surface area contributed by atoms with Crippen LogP contribution in [-0.4, -0.2) is 23.1 Å². The maximum atomic E-state index is 11.9. The summed E-state index contributed by atoms with van der Waals surface area (Å²) in [6.45, 7) is 11.7. The highest BCUT2D eigenvalue weighted by Crippen LogP contribution is 2.38. The molecule has 0 heterocycles. The summed E-state index contributed by atoms with van der Waals surface area (Å²) in [5.74, 6) is -0.922. The van der Waals surface area contributed by atoms with Crippen LogP contribution in [0.5, 0.6) is 0 Å². The van der Waals surface area contributed by atoms with E-state index in [1.54, 1.807) is 0 Å². The second kappa shape index (κ2) is 6.92. The van der Waals surface area contributed by atoms with E-state index in [0.717, 1.165) is 25.7 Å². The molecule has 0 aliphatic heterocycles. The summed E-state index contributed by atoms with van der Waals surface area (Å²) in [6, 6.07) is 0. The van der Waals surface area contributed by atoms with Crippen LogP contribution < -0.4 is 0 Å². The van der Waals surface area contributed by atoms with Crippen LogP contribution in [0.4, 0.5) is 0 Å². The van der Waals surface area contributed by atoms with Crippen LogP contribution in [0.2, 0.25) is 0 Å². The summed E-state index contributed by atoms with van der Waals surface area (Å²) >= 11 is 0. The Hall–Kier alpha value is -1.58. The van der Waals surface area contributed by atoms with Crippen molar-refractivity contribution in [3.63, 3.8) is 0 Å². The third-order valence-electron chi connectivity index (χ3n) is 4.16. The zero-order chi connectivity index (χ0) is 16.2. The lowest BCUT2D eigenvalue weighted by Gasteiger charge is -2.36. The van der Waals surface area contributed by atoms with Crippen molar-refractivity contribution in [2.24, 2.45) is 11.3 Å². The topological polar surface area (TPSA) is 63.6 Å². The minimum Gasteiger partial charge on any atom is -0.478 e. The summed E-state index contributed by atoms with van der Waals surface area (Å²) in [5, 5.41) is 8.78. The molecular formula is C17H26O4. The number of carboxylic acid groups (broad SMARTS) is 1. The van der Waals surface area contributed by atoms with Crippen LogP contribution in [0.25, 0.3) is 0 Å².